The van der Waals surface area contributed by atoms with E-state index in [1.807, 2.05) is 0 Å². The summed E-state index contributed by atoms with van der Waals surface area (Å²) in [6.45, 7) is 13.6. The summed E-state index contributed by atoms with van der Waals surface area (Å²) in [5.74, 6) is 3.09. The summed E-state index contributed by atoms with van der Waals surface area (Å²) in [5.41, 5.74) is 6.66. The van der Waals surface area contributed by atoms with E-state index in [0.29, 0.717) is 5.92 Å². The van der Waals surface area contributed by atoms with Crippen LogP contribution < -0.4 is 5.46 Å². The highest BCUT2D eigenvalue weighted by molar-refractivity contribution is 6.62. The highest BCUT2D eigenvalue weighted by Crippen LogP contribution is 2.64. The lowest BCUT2D eigenvalue weighted by atomic mass is 9.49. The van der Waals surface area contributed by atoms with Crippen LogP contribution in [0.3, 0.4) is 0 Å². The highest BCUT2D eigenvalue weighted by atomic mass is 16.7. The van der Waals surface area contributed by atoms with Crippen molar-refractivity contribution in [1.82, 2.24) is 0 Å². The SMILES string of the molecule is CC1CC2CC(C[C@@H](C)C2)C12c1ccccc1-c1ccc(B3OC(C)(C)C(C)(C)O3)cc12. The Balaban J connectivity index is 1.52. The highest BCUT2D eigenvalue weighted by Gasteiger charge is 2.57. The van der Waals surface area contributed by atoms with Gasteiger partial charge in [-0.15, -0.1) is 0 Å². The van der Waals surface area contributed by atoms with Gasteiger partial charge in [0.1, 0.15) is 0 Å². The van der Waals surface area contributed by atoms with E-state index in [9.17, 15) is 0 Å². The standard InChI is InChI=1S/C29H37BO2/c1-18-13-20-15-19(2)29(21(14-18)16-20)25-10-8-7-9-23(25)24-12-11-22(17-26(24)29)30-31-27(3,4)28(5,6)32-30/h7-12,17-21H,13-16H2,1-6H3/t18-,19?,20?,21?,29?/m0/s1. The van der Waals surface area contributed by atoms with Crippen LogP contribution >= 0.6 is 0 Å². The van der Waals surface area contributed by atoms with Crippen molar-refractivity contribution >= 4 is 12.6 Å². The first-order chi connectivity index (χ1) is 15.1. The van der Waals surface area contributed by atoms with E-state index in [1.165, 1.54) is 47.8 Å². The minimum Gasteiger partial charge on any atom is -0.399 e. The lowest BCUT2D eigenvalue weighted by molar-refractivity contribution is 0.00578. The Morgan fingerprint density at radius 2 is 1.47 bits per heavy atom. The van der Waals surface area contributed by atoms with Gasteiger partial charge >= 0.3 is 7.12 Å². The number of hydrogen-bond donors (Lipinski definition) is 0. The molecule has 2 saturated carbocycles. The van der Waals surface area contributed by atoms with E-state index in [4.69, 9.17) is 9.31 Å². The zero-order chi connectivity index (χ0) is 22.5. The predicted molar refractivity (Wildman–Crippen MR) is 132 cm³/mol. The topological polar surface area (TPSA) is 18.5 Å². The van der Waals surface area contributed by atoms with Crippen molar-refractivity contribution in [2.75, 3.05) is 0 Å². The molecular formula is C29H37BO2. The predicted octanol–water partition coefficient (Wildman–Crippen LogP) is 6.34. The van der Waals surface area contributed by atoms with Crippen LogP contribution in [0.5, 0.6) is 0 Å². The molecule has 2 nitrogen and oxygen atoms in total. The maximum atomic E-state index is 6.47. The van der Waals surface area contributed by atoms with Gasteiger partial charge in [-0.3, -0.25) is 0 Å². The number of fused-ring (bicyclic) bond motifs is 8. The van der Waals surface area contributed by atoms with Crippen molar-refractivity contribution in [3.8, 4) is 11.1 Å². The lowest BCUT2D eigenvalue weighted by Crippen LogP contribution is -2.49. The van der Waals surface area contributed by atoms with Gasteiger partial charge in [-0.25, -0.2) is 0 Å². The molecule has 1 heterocycles. The van der Waals surface area contributed by atoms with Crippen LogP contribution in [0.1, 0.15) is 78.4 Å². The van der Waals surface area contributed by atoms with Crippen LogP contribution in [-0.4, -0.2) is 18.3 Å². The average Bonchev–Trinajstić information content (AvgIpc) is 3.14. The van der Waals surface area contributed by atoms with Crippen molar-refractivity contribution < 1.29 is 9.31 Å². The van der Waals surface area contributed by atoms with Gasteiger partial charge in [0.15, 0.2) is 0 Å². The minimum atomic E-state index is -0.318. The molecule has 4 aliphatic rings. The second-order valence-electron chi connectivity index (χ2n) is 12.3. The fourth-order valence-electron chi connectivity index (χ4n) is 7.86. The molecule has 1 saturated heterocycles. The van der Waals surface area contributed by atoms with E-state index in [0.717, 1.165) is 17.8 Å². The largest absolute Gasteiger partial charge is 0.494 e. The molecular weight excluding hydrogens is 391 g/mol. The van der Waals surface area contributed by atoms with E-state index < -0.39 is 0 Å². The Kier molecular flexibility index (Phi) is 4.42. The molecule has 0 radical (unpaired) electrons. The van der Waals surface area contributed by atoms with Crippen LogP contribution in [0.15, 0.2) is 42.5 Å². The molecule has 0 aromatic heterocycles. The molecule has 1 spiro atoms. The second-order valence-corrected chi connectivity index (χ2v) is 12.3. The first-order valence-corrected chi connectivity index (χ1v) is 12.7. The van der Waals surface area contributed by atoms with Gasteiger partial charge in [0.25, 0.3) is 0 Å². The van der Waals surface area contributed by atoms with Crippen LogP contribution in [-0.2, 0) is 14.7 Å². The molecule has 0 N–H and O–H groups in total. The van der Waals surface area contributed by atoms with E-state index in [2.05, 4.69) is 84.0 Å². The van der Waals surface area contributed by atoms with E-state index >= 15 is 0 Å². The Morgan fingerprint density at radius 3 is 2.22 bits per heavy atom. The van der Waals surface area contributed by atoms with Crippen molar-refractivity contribution in [1.29, 1.82) is 0 Å². The average molecular weight is 428 g/mol. The molecule has 4 unspecified atom stereocenters. The van der Waals surface area contributed by atoms with Crippen LogP contribution in [0.25, 0.3) is 11.1 Å². The third-order valence-corrected chi connectivity index (χ3v) is 9.83. The Labute approximate surface area is 194 Å². The monoisotopic (exact) mass is 428 g/mol. The quantitative estimate of drug-likeness (QED) is 0.493. The van der Waals surface area contributed by atoms with E-state index in [1.54, 1.807) is 5.56 Å². The van der Waals surface area contributed by atoms with Crippen LogP contribution in [0, 0.1) is 23.7 Å². The zero-order valence-electron chi connectivity index (χ0n) is 20.6. The molecule has 3 fully saturated rings. The van der Waals surface area contributed by atoms with Gasteiger partial charge in [-0.2, -0.15) is 0 Å². The van der Waals surface area contributed by atoms with Gasteiger partial charge in [0, 0.05) is 5.41 Å². The Morgan fingerprint density at radius 1 is 0.781 bits per heavy atom. The summed E-state index contributed by atoms with van der Waals surface area (Å²) in [6.07, 6.45) is 5.48. The van der Waals surface area contributed by atoms with Gasteiger partial charge in [0.2, 0.25) is 0 Å². The van der Waals surface area contributed by atoms with Crippen molar-refractivity contribution in [3.05, 3.63) is 53.6 Å². The smallest absolute Gasteiger partial charge is 0.399 e. The molecule has 2 bridgehead atoms. The molecule has 2 aromatic rings. The Bertz CT molecular complexity index is 1050. The first kappa shape index (κ1) is 21.0. The van der Waals surface area contributed by atoms with Crippen molar-refractivity contribution in [2.45, 2.75) is 83.8 Å². The lowest BCUT2D eigenvalue weighted by Gasteiger charge is -2.54. The molecule has 32 heavy (non-hydrogen) atoms. The van der Waals surface area contributed by atoms with Crippen LogP contribution in [0.4, 0.5) is 0 Å². The molecule has 3 aliphatic carbocycles. The molecule has 2 aromatic carbocycles. The summed E-state index contributed by atoms with van der Waals surface area (Å²) >= 11 is 0. The zero-order valence-corrected chi connectivity index (χ0v) is 20.6. The summed E-state index contributed by atoms with van der Waals surface area (Å²) in [6, 6.07) is 16.3. The van der Waals surface area contributed by atoms with Crippen molar-refractivity contribution in [3.63, 3.8) is 0 Å². The maximum absolute atomic E-state index is 6.47. The maximum Gasteiger partial charge on any atom is 0.494 e. The molecule has 168 valence electrons. The van der Waals surface area contributed by atoms with Gasteiger partial charge in [0.05, 0.1) is 11.2 Å². The van der Waals surface area contributed by atoms with Crippen molar-refractivity contribution in [2.24, 2.45) is 23.7 Å². The summed E-state index contributed by atoms with van der Waals surface area (Å²) in [4.78, 5) is 0. The number of benzene rings is 2. The molecule has 6 rings (SSSR count). The van der Waals surface area contributed by atoms with Gasteiger partial charge in [-0.05, 0) is 105 Å². The van der Waals surface area contributed by atoms with Crippen LogP contribution in [0.2, 0.25) is 0 Å². The fraction of sp³-hybridized carbons (Fsp3) is 0.586. The summed E-state index contributed by atoms with van der Waals surface area (Å²) < 4.78 is 12.9. The third kappa shape index (κ3) is 2.67. The third-order valence-electron chi connectivity index (χ3n) is 9.83. The Hall–Kier alpha value is -1.58. The summed E-state index contributed by atoms with van der Waals surface area (Å²) in [5, 5.41) is 0. The molecule has 0 amide bonds. The number of rotatable bonds is 1. The molecule has 1 aliphatic heterocycles. The second kappa shape index (κ2) is 6.73. The van der Waals surface area contributed by atoms with E-state index in [-0.39, 0.29) is 23.7 Å². The summed E-state index contributed by atoms with van der Waals surface area (Å²) in [7, 11) is -0.303. The molecule has 3 heteroatoms. The molecule has 5 atom stereocenters. The number of hydrogen-bond acceptors (Lipinski definition) is 2. The van der Waals surface area contributed by atoms with Gasteiger partial charge < -0.3 is 9.31 Å². The first-order valence-electron chi connectivity index (χ1n) is 12.7. The fourth-order valence-corrected chi connectivity index (χ4v) is 7.86. The minimum absolute atomic E-state index is 0.122. The van der Waals surface area contributed by atoms with Gasteiger partial charge in [-0.1, -0.05) is 56.3 Å². The normalized spacial score (nSPS) is 36.2.